The van der Waals surface area contributed by atoms with Crippen LogP contribution in [0.5, 0.6) is 0 Å². The molecule has 3 rings (SSSR count). The number of nitrogens with zero attached hydrogens (tertiary/aromatic N) is 2. The summed E-state index contributed by atoms with van der Waals surface area (Å²) in [5.74, 6) is -4.91. The summed E-state index contributed by atoms with van der Waals surface area (Å²) in [4.78, 5) is 26.0. The fraction of sp³-hybridized carbons (Fsp3) is 0.476. The van der Waals surface area contributed by atoms with Crippen molar-refractivity contribution in [3.63, 3.8) is 0 Å². The Morgan fingerprint density at radius 3 is 2.59 bits per heavy atom. The van der Waals surface area contributed by atoms with Crippen LogP contribution in [0.3, 0.4) is 0 Å². The number of rotatable bonds is 3. The molecular formula is C21H22F2N2O2. The first-order valence-electron chi connectivity index (χ1n) is 8.98. The van der Waals surface area contributed by atoms with Crippen LogP contribution in [0.2, 0.25) is 0 Å². The fourth-order valence-electron chi connectivity index (χ4n) is 4.32. The molecule has 1 fully saturated rings. The van der Waals surface area contributed by atoms with Gasteiger partial charge >= 0.3 is 5.92 Å². The van der Waals surface area contributed by atoms with Gasteiger partial charge in [-0.1, -0.05) is 50.3 Å². The van der Waals surface area contributed by atoms with Crippen molar-refractivity contribution in [3.05, 3.63) is 47.5 Å². The van der Waals surface area contributed by atoms with E-state index < -0.39 is 29.1 Å². The normalized spacial score (nSPS) is 24.6. The van der Waals surface area contributed by atoms with Gasteiger partial charge in [0.25, 0.3) is 5.91 Å². The Morgan fingerprint density at radius 1 is 1.30 bits per heavy atom. The van der Waals surface area contributed by atoms with Crippen LogP contribution >= 0.6 is 0 Å². The zero-order valence-corrected chi connectivity index (χ0v) is 15.5. The molecule has 1 aromatic rings. The second kappa shape index (κ2) is 6.56. The average Bonchev–Trinajstić information content (AvgIpc) is 3.00. The highest BCUT2D eigenvalue weighted by molar-refractivity contribution is 6.03. The predicted octanol–water partition coefficient (Wildman–Crippen LogP) is 3.53. The number of alkyl halides is 2. The molecule has 6 heteroatoms. The number of amides is 1. The Labute approximate surface area is 157 Å². The molecule has 1 spiro atoms. The second-order valence-corrected chi connectivity index (χ2v) is 8.27. The van der Waals surface area contributed by atoms with Crippen LogP contribution in [0.25, 0.3) is 0 Å². The van der Waals surface area contributed by atoms with Crippen LogP contribution in [-0.2, 0) is 16.0 Å². The van der Waals surface area contributed by atoms with Gasteiger partial charge in [-0.15, -0.1) is 0 Å². The maximum absolute atomic E-state index is 14.6. The molecule has 142 valence electrons. The number of carbonyl (C=O) groups excluding carboxylic acids is 2. The lowest BCUT2D eigenvalue weighted by Crippen LogP contribution is -2.46. The quantitative estimate of drug-likeness (QED) is 0.815. The third kappa shape index (κ3) is 3.64. The molecule has 1 atom stereocenters. The summed E-state index contributed by atoms with van der Waals surface area (Å²) in [5, 5.41) is 9.27. The summed E-state index contributed by atoms with van der Waals surface area (Å²) in [6.07, 6.45) is 1.88. The van der Waals surface area contributed by atoms with Gasteiger partial charge in [-0.3, -0.25) is 9.59 Å². The number of hydrogen-bond donors (Lipinski definition) is 0. The smallest absolute Gasteiger partial charge is 0.328 e. The van der Waals surface area contributed by atoms with E-state index >= 15 is 0 Å². The lowest BCUT2D eigenvalue weighted by molar-refractivity contribution is -0.156. The maximum atomic E-state index is 14.6. The van der Waals surface area contributed by atoms with E-state index in [1.54, 1.807) is 50.3 Å². The molecule has 0 unspecified atom stereocenters. The first kappa shape index (κ1) is 19.2. The molecule has 1 aliphatic carbocycles. The lowest BCUT2D eigenvalue weighted by Gasteiger charge is -2.38. The monoisotopic (exact) mass is 372 g/mol. The summed E-state index contributed by atoms with van der Waals surface area (Å²) in [6.45, 7) is 3.83. The van der Waals surface area contributed by atoms with Gasteiger partial charge in [0.05, 0.1) is 5.57 Å². The average molecular weight is 372 g/mol. The van der Waals surface area contributed by atoms with E-state index in [-0.39, 0.29) is 24.4 Å². The number of Topliss-reactive ketones (excluding diaryl/α,β-unsaturated/α-hetero) is 1. The number of halogens is 2. The van der Waals surface area contributed by atoms with E-state index in [4.69, 9.17) is 0 Å². The predicted molar refractivity (Wildman–Crippen MR) is 95.8 cm³/mol. The molecule has 27 heavy (non-hydrogen) atoms. The van der Waals surface area contributed by atoms with Crippen LogP contribution in [0.15, 0.2) is 42.0 Å². The summed E-state index contributed by atoms with van der Waals surface area (Å²) in [7, 11) is 0. The Hall–Kier alpha value is -2.55. The van der Waals surface area contributed by atoms with Crippen LogP contribution in [-0.4, -0.2) is 35.6 Å². The molecule has 2 aliphatic rings. The molecule has 4 nitrogen and oxygen atoms in total. The minimum absolute atomic E-state index is 0.0663. The Balaban J connectivity index is 1.79. The van der Waals surface area contributed by atoms with Crippen LogP contribution < -0.4 is 0 Å². The molecule has 1 aliphatic heterocycles. The Bertz CT molecular complexity index is 839. The van der Waals surface area contributed by atoms with Gasteiger partial charge in [0.15, 0.2) is 5.78 Å². The van der Waals surface area contributed by atoms with Crippen LogP contribution in [0.1, 0.15) is 32.3 Å². The van der Waals surface area contributed by atoms with Crippen molar-refractivity contribution >= 4 is 11.7 Å². The van der Waals surface area contributed by atoms with Crippen molar-refractivity contribution in [2.24, 2.45) is 10.8 Å². The number of ketones is 1. The van der Waals surface area contributed by atoms with Gasteiger partial charge in [0.2, 0.25) is 0 Å². The van der Waals surface area contributed by atoms with Gasteiger partial charge < -0.3 is 4.90 Å². The molecule has 1 saturated heterocycles. The van der Waals surface area contributed by atoms with Crippen molar-refractivity contribution < 1.29 is 18.4 Å². The van der Waals surface area contributed by atoms with E-state index in [1.165, 1.54) is 4.90 Å². The Kier molecular flexibility index (Phi) is 4.67. The molecular weight excluding hydrogens is 350 g/mol. The Morgan fingerprint density at radius 2 is 1.96 bits per heavy atom. The highest BCUT2D eigenvalue weighted by atomic mass is 19.3. The number of hydrogen-bond acceptors (Lipinski definition) is 3. The zero-order valence-electron chi connectivity index (χ0n) is 15.5. The lowest BCUT2D eigenvalue weighted by atomic mass is 9.64. The van der Waals surface area contributed by atoms with Crippen molar-refractivity contribution in [3.8, 4) is 6.07 Å². The maximum Gasteiger partial charge on any atom is 0.328 e. The molecule has 1 amide bonds. The topological polar surface area (TPSA) is 61.2 Å². The molecule has 0 aromatic heterocycles. The van der Waals surface area contributed by atoms with Crippen molar-refractivity contribution in [2.45, 2.75) is 39.0 Å². The zero-order chi connectivity index (χ0) is 19.9. The van der Waals surface area contributed by atoms with Crippen molar-refractivity contribution in [1.29, 1.82) is 5.26 Å². The number of carbonyl (C=O) groups is 2. The summed E-state index contributed by atoms with van der Waals surface area (Å²) >= 11 is 0. The number of benzene rings is 1. The van der Waals surface area contributed by atoms with Gasteiger partial charge in [-0.25, -0.2) is 0 Å². The minimum Gasteiger partial charge on any atom is -0.337 e. The van der Waals surface area contributed by atoms with E-state index in [9.17, 15) is 23.6 Å². The SMILES string of the molecule is CC1(C)C[C@]2(C=C(C#N)C1=O)CCN(C(=O)C(F)(F)Cc1ccccc1)C2. The van der Waals surface area contributed by atoms with E-state index in [0.717, 1.165) is 0 Å². The number of allylic oxidation sites excluding steroid dienone is 1. The third-order valence-electron chi connectivity index (χ3n) is 5.48. The summed E-state index contributed by atoms with van der Waals surface area (Å²) in [6, 6.07) is 10.1. The van der Waals surface area contributed by atoms with Gasteiger partial charge in [0.1, 0.15) is 6.07 Å². The first-order valence-corrected chi connectivity index (χ1v) is 8.98. The van der Waals surface area contributed by atoms with Crippen LogP contribution in [0.4, 0.5) is 8.78 Å². The van der Waals surface area contributed by atoms with Gasteiger partial charge in [0, 0.05) is 30.3 Å². The summed E-state index contributed by atoms with van der Waals surface area (Å²) in [5.41, 5.74) is -0.871. The molecule has 1 heterocycles. The minimum atomic E-state index is -3.49. The molecule has 0 bridgehead atoms. The summed E-state index contributed by atoms with van der Waals surface area (Å²) < 4.78 is 29.1. The highest BCUT2D eigenvalue weighted by Gasteiger charge is 2.52. The largest absolute Gasteiger partial charge is 0.337 e. The first-order chi connectivity index (χ1) is 12.6. The number of likely N-dealkylation sites (tertiary alicyclic amines) is 1. The molecule has 0 N–H and O–H groups in total. The van der Waals surface area contributed by atoms with Gasteiger partial charge in [-0.05, 0) is 18.4 Å². The van der Waals surface area contributed by atoms with Crippen LogP contribution in [0, 0.1) is 22.2 Å². The van der Waals surface area contributed by atoms with E-state index in [1.807, 2.05) is 6.07 Å². The molecule has 0 radical (unpaired) electrons. The third-order valence-corrected chi connectivity index (χ3v) is 5.48. The molecule has 0 saturated carbocycles. The van der Waals surface area contributed by atoms with Crippen molar-refractivity contribution in [1.82, 2.24) is 4.90 Å². The second-order valence-electron chi connectivity index (χ2n) is 8.27. The molecule has 1 aromatic carbocycles. The van der Waals surface area contributed by atoms with Crippen molar-refractivity contribution in [2.75, 3.05) is 13.1 Å². The van der Waals surface area contributed by atoms with E-state index in [2.05, 4.69) is 0 Å². The standard InChI is InChI=1S/C21H22F2N2O2/c1-19(2)13-20(11-16(12-24)17(19)26)8-9-25(14-20)18(27)21(22,23)10-15-6-4-3-5-7-15/h3-7,11H,8-10,13-14H2,1-2H3/t20-/m1/s1. The number of nitriles is 1. The highest BCUT2D eigenvalue weighted by Crippen LogP contribution is 2.48. The van der Waals surface area contributed by atoms with Gasteiger partial charge in [-0.2, -0.15) is 14.0 Å². The fourth-order valence-corrected chi connectivity index (χ4v) is 4.32. The van der Waals surface area contributed by atoms with E-state index in [0.29, 0.717) is 18.4 Å².